The maximum absolute atomic E-state index is 14.1. The number of aliphatic hydroxyl groups is 4. The lowest BCUT2D eigenvalue weighted by Gasteiger charge is -2.48. The van der Waals surface area contributed by atoms with Crippen LogP contribution in [0.15, 0.2) is 34.9 Å². The second-order valence-electron chi connectivity index (χ2n) is 10.8. The maximum Gasteiger partial charge on any atom is 0.333 e. The molecule has 4 unspecified atom stereocenters. The smallest absolute Gasteiger partial charge is 0.333 e. The molecular weight excluding hydrogens is 412 g/mol. The van der Waals surface area contributed by atoms with Crippen LogP contribution in [0, 0.1) is 28.6 Å². The van der Waals surface area contributed by atoms with Crippen LogP contribution >= 0.6 is 0 Å². The van der Waals surface area contributed by atoms with Crippen molar-refractivity contribution in [3.05, 3.63) is 34.9 Å². The molecule has 0 saturated heterocycles. The lowest BCUT2D eigenvalue weighted by Crippen LogP contribution is -2.65. The zero-order chi connectivity index (χ0) is 24.0. The van der Waals surface area contributed by atoms with Gasteiger partial charge in [0, 0.05) is 22.8 Å². The van der Waals surface area contributed by atoms with Crippen molar-refractivity contribution in [2.45, 2.75) is 71.4 Å². The monoisotopic (exact) mass is 446 g/mol. The summed E-state index contributed by atoms with van der Waals surface area (Å²) < 4.78 is 5.36. The Kier molecular flexibility index (Phi) is 5.00. The number of ether oxygens (including phenoxy) is 1. The molecule has 1 spiro atoms. The minimum Gasteiger partial charge on any atom is -0.458 e. The summed E-state index contributed by atoms with van der Waals surface area (Å²) in [5, 5.41) is 45.8. The van der Waals surface area contributed by atoms with E-state index in [0.29, 0.717) is 11.1 Å². The van der Waals surface area contributed by atoms with Crippen molar-refractivity contribution in [1.82, 2.24) is 0 Å². The zero-order valence-electron chi connectivity index (χ0n) is 19.5. The summed E-state index contributed by atoms with van der Waals surface area (Å²) in [7, 11) is 0. The van der Waals surface area contributed by atoms with Crippen molar-refractivity contribution in [2.24, 2.45) is 28.6 Å². The Balaban J connectivity index is 1.87. The van der Waals surface area contributed by atoms with E-state index in [1.165, 1.54) is 0 Å². The van der Waals surface area contributed by atoms with Gasteiger partial charge in [-0.3, -0.25) is 4.79 Å². The third-order valence-corrected chi connectivity index (χ3v) is 9.04. The molecule has 0 amide bonds. The van der Waals surface area contributed by atoms with Gasteiger partial charge in [-0.2, -0.15) is 0 Å². The molecule has 0 aliphatic heterocycles. The average Bonchev–Trinajstić information content (AvgIpc) is 3.11. The molecule has 176 valence electrons. The summed E-state index contributed by atoms with van der Waals surface area (Å²) >= 11 is 0. The Morgan fingerprint density at radius 1 is 1.25 bits per heavy atom. The molecule has 0 aromatic carbocycles. The van der Waals surface area contributed by atoms with Gasteiger partial charge in [0.2, 0.25) is 0 Å². The quantitative estimate of drug-likeness (QED) is 0.294. The van der Waals surface area contributed by atoms with Crippen molar-refractivity contribution in [3.8, 4) is 0 Å². The number of hydrogen-bond acceptors (Lipinski definition) is 7. The fourth-order valence-corrected chi connectivity index (χ4v) is 6.90. The fraction of sp³-hybridized carbons (Fsp3) is 0.680. The molecule has 7 heteroatoms. The molecule has 4 rings (SSSR count). The van der Waals surface area contributed by atoms with E-state index in [0.717, 1.165) is 0 Å². The molecule has 0 aromatic rings. The van der Waals surface area contributed by atoms with E-state index in [2.05, 4.69) is 0 Å². The number of Topliss-reactive ketones (excluding diaryl/α,β-unsaturated/α-hetero) is 1. The lowest BCUT2D eigenvalue weighted by atomic mass is 9.59. The van der Waals surface area contributed by atoms with Gasteiger partial charge in [0.15, 0.2) is 5.78 Å². The van der Waals surface area contributed by atoms with E-state index >= 15 is 0 Å². The first-order valence-corrected chi connectivity index (χ1v) is 11.3. The van der Waals surface area contributed by atoms with E-state index in [9.17, 15) is 30.0 Å². The van der Waals surface area contributed by atoms with E-state index in [1.807, 2.05) is 13.8 Å². The first kappa shape index (κ1) is 23.4. The number of carbonyl (C=O) groups is 2. The lowest BCUT2D eigenvalue weighted by molar-refractivity contribution is -0.191. The third-order valence-electron chi connectivity index (χ3n) is 9.04. The van der Waals surface area contributed by atoms with Crippen molar-refractivity contribution in [3.63, 3.8) is 0 Å². The van der Waals surface area contributed by atoms with Crippen molar-refractivity contribution >= 4 is 11.8 Å². The minimum absolute atomic E-state index is 0.159. The second-order valence-corrected chi connectivity index (χ2v) is 10.8. The number of esters is 1. The molecule has 4 aliphatic rings. The standard InChI is InChI=1S/C25H34O7/c1-7-12(2)21(29)32-11-15-8-16-17-22(5,6)24(17,30)10-14(4)23(20(16)28)9-13(3)18(26)25(23,31)19(15)27/h7-9,14,16-19,26-27,30-31H,10-11H2,1-6H3/b12-7+/t14-,16?,17+,18?,19-,23?,24+,25?/m1/s1. The molecule has 0 radical (unpaired) electrons. The minimum atomic E-state index is -2.23. The van der Waals surface area contributed by atoms with Crippen LogP contribution in [0.3, 0.4) is 0 Å². The first-order valence-electron chi connectivity index (χ1n) is 11.3. The Bertz CT molecular complexity index is 975. The molecule has 4 N–H and O–H groups in total. The highest BCUT2D eigenvalue weighted by molar-refractivity contribution is 5.95. The molecule has 8 atom stereocenters. The SMILES string of the molecule is C/C=C(\C)C(=O)OCC1=CC2C(=O)C3(C=C(C)C(O)C3(O)[C@@H]1O)[C@H](C)C[C@]1(O)[C@@H]2C1(C)C. The Hall–Kier alpha value is -1.80. The number of fused-ring (bicyclic) bond motifs is 3. The fourth-order valence-electron chi connectivity index (χ4n) is 6.90. The van der Waals surface area contributed by atoms with Gasteiger partial charge < -0.3 is 25.2 Å². The molecule has 32 heavy (non-hydrogen) atoms. The molecule has 2 saturated carbocycles. The van der Waals surface area contributed by atoms with Crippen LogP contribution in [0.2, 0.25) is 0 Å². The van der Waals surface area contributed by atoms with Gasteiger partial charge in [-0.25, -0.2) is 4.79 Å². The second kappa shape index (κ2) is 6.86. The highest BCUT2D eigenvalue weighted by Gasteiger charge is 2.81. The maximum atomic E-state index is 14.1. The van der Waals surface area contributed by atoms with E-state index in [1.54, 1.807) is 45.9 Å². The summed E-state index contributed by atoms with van der Waals surface area (Å²) in [6.45, 7) is 10.2. The Morgan fingerprint density at radius 2 is 1.88 bits per heavy atom. The molecular formula is C25H34O7. The van der Waals surface area contributed by atoms with Gasteiger partial charge in [0.05, 0.1) is 11.0 Å². The first-order chi connectivity index (χ1) is 14.7. The van der Waals surface area contributed by atoms with Crippen LogP contribution in [0.25, 0.3) is 0 Å². The normalized spacial score (nSPS) is 46.9. The van der Waals surface area contributed by atoms with Crippen LogP contribution in [-0.2, 0) is 14.3 Å². The topological polar surface area (TPSA) is 124 Å². The van der Waals surface area contributed by atoms with Gasteiger partial charge in [-0.1, -0.05) is 39.0 Å². The van der Waals surface area contributed by atoms with E-state index < -0.39 is 58.0 Å². The van der Waals surface area contributed by atoms with Gasteiger partial charge >= 0.3 is 5.97 Å². The number of carbonyl (C=O) groups excluding carboxylic acids is 2. The Morgan fingerprint density at radius 3 is 2.47 bits per heavy atom. The molecule has 2 bridgehead atoms. The Labute approximate surface area is 188 Å². The highest BCUT2D eigenvalue weighted by Crippen LogP contribution is 2.73. The van der Waals surface area contributed by atoms with Gasteiger partial charge in [0.1, 0.15) is 24.4 Å². The summed E-state index contributed by atoms with van der Waals surface area (Å²) in [4.78, 5) is 26.3. The van der Waals surface area contributed by atoms with Crippen molar-refractivity contribution in [1.29, 1.82) is 0 Å². The number of hydrogen-bond donors (Lipinski definition) is 4. The molecule has 0 heterocycles. The predicted molar refractivity (Wildman–Crippen MR) is 116 cm³/mol. The number of allylic oxidation sites excluding steroid dienone is 2. The number of ketones is 1. The zero-order valence-corrected chi connectivity index (χ0v) is 19.5. The van der Waals surface area contributed by atoms with Gasteiger partial charge in [-0.05, 0) is 44.3 Å². The van der Waals surface area contributed by atoms with Gasteiger partial charge in [0.25, 0.3) is 0 Å². The highest BCUT2D eigenvalue weighted by atomic mass is 16.5. The van der Waals surface area contributed by atoms with Crippen LogP contribution in [-0.4, -0.2) is 62.2 Å². The van der Waals surface area contributed by atoms with Crippen LogP contribution in [0.4, 0.5) is 0 Å². The van der Waals surface area contributed by atoms with Crippen molar-refractivity contribution < 1.29 is 34.8 Å². The number of aliphatic hydroxyl groups excluding tert-OH is 2. The van der Waals surface area contributed by atoms with E-state index in [4.69, 9.17) is 4.74 Å². The molecule has 2 fully saturated rings. The van der Waals surface area contributed by atoms with Crippen LogP contribution in [0.1, 0.15) is 48.0 Å². The average molecular weight is 447 g/mol. The summed E-state index contributed by atoms with van der Waals surface area (Å²) in [6, 6.07) is 0. The number of rotatable bonds is 3. The largest absolute Gasteiger partial charge is 0.458 e. The van der Waals surface area contributed by atoms with Crippen molar-refractivity contribution in [2.75, 3.05) is 6.61 Å². The van der Waals surface area contributed by atoms with Crippen LogP contribution < -0.4 is 0 Å². The van der Waals surface area contributed by atoms with Gasteiger partial charge in [-0.15, -0.1) is 0 Å². The summed E-state index contributed by atoms with van der Waals surface area (Å²) in [5.74, 6) is -2.64. The molecule has 7 nitrogen and oxygen atoms in total. The third kappa shape index (κ3) is 2.51. The molecule has 0 aromatic heterocycles. The molecule has 4 aliphatic carbocycles. The summed E-state index contributed by atoms with van der Waals surface area (Å²) in [6.07, 6.45) is 1.91. The van der Waals surface area contributed by atoms with Crippen LogP contribution in [0.5, 0.6) is 0 Å². The predicted octanol–water partition coefficient (Wildman–Crippen LogP) is 1.45. The summed E-state index contributed by atoms with van der Waals surface area (Å²) in [5.41, 5.74) is -4.50. The van der Waals surface area contributed by atoms with E-state index in [-0.39, 0.29) is 24.4 Å².